The van der Waals surface area contributed by atoms with Crippen LogP contribution in [0.2, 0.25) is 0 Å². The highest BCUT2D eigenvalue weighted by Crippen LogP contribution is 2.49. The van der Waals surface area contributed by atoms with Crippen LogP contribution in [0.25, 0.3) is 10.9 Å². The minimum absolute atomic E-state index is 0.0552. The van der Waals surface area contributed by atoms with E-state index in [0.29, 0.717) is 51.4 Å². The SMILES string of the molecule is CN(CCC(=O)Nc1ccc(CNC[C@H](O)c2ccc(O)c3[nH]c(=O)ccc23)cc1)C1CC2CCC1C2OC(=O)C(O)(c1cccs1)c1cccs1. The average Bonchev–Trinajstić information content (AvgIpc) is 3.99. The maximum absolute atomic E-state index is 13.7. The van der Waals surface area contributed by atoms with Crippen LogP contribution in [0.1, 0.15) is 52.7 Å². The van der Waals surface area contributed by atoms with E-state index in [9.17, 15) is 29.7 Å². The Morgan fingerprint density at radius 1 is 1.02 bits per heavy atom. The lowest BCUT2D eigenvalue weighted by Crippen LogP contribution is -2.42. The van der Waals surface area contributed by atoms with Gasteiger partial charge in [0, 0.05) is 55.2 Å². The molecule has 2 aromatic carbocycles. The summed E-state index contributed by atoms with van der Waals surface area (Å²) in [6, 6.07) is 20.9. The highest BCUT2D eigenvalue weighted by Gasteiger charge is 2.54. The van der Waals surface area contributed by atoms with E-state index in [4.69, 9.17) is 4.74 Å². The smallest absolute Gasteiger partial charge is 0.349 e. The maximum atomic E-state index is 13.7. The minimum Gasteiger partial charge on any atom is -0.506 e. The summed E-state index contributed by atoms with van der Waals surface area (Å²) < 4.78 is 6.17. The number of aliphatic hydroxyl groups is 2. The van der Waals surface area contributed by atoms with Crippen LogP contribution in [-0.4, -0.2) is 69.4 Å². The number of rotatable bonds is 14. The molecule has 2 saturated carbocycles. The molecule has 11 nitrogen and oxygen atoms in total. The molecule has 1 amide bonds. The zero-order valence-electron chi connectivity index (χ0n) is 28.7. The van der Waals surface area contributed by atoms with E-state index < -0.39 is 17.7 Å². The van der Waals surface area contributed by atoms with Crippen molar-refractivity contribution in [2.45, 2.75) is 56.1 Å². The molecule has 0 aliphatic heterocycles. The van der Waals surface area contributed by atoms with Crippen LogP contribution in [0.4, 0.5) is 5.69 Å². The molecule has 2 fully saturated rings. The first-order chi connectivity index (χ1) is 25.1. The van der Waals surface area contributed by atoms with E-state index in [0.717, 1.165) is 24.8 Å². The number of nitrogens with one attached hydrogen (secondary N) is 3. The molecule has 3 heterocycles. The summed E-state index contributed by atoms with van der Waals surface area (Å²) in [5.41, 5.74) is 0.394. The van der Waals surface area contributed by atoms with Crippen LogP contribution < -0.4 is 16.2 Å². The van der Waals surface area contributed by atoms with Crippen LogP contribution in [-0.2, 0) is 26.5 Å². The number of H-pyrrole nitrogens is 1. The Balaban J connectivity index is 0.872. The molecule has 0 radical (unpaired) electrons. The number of phenolic OH excluding ortho intramolecular Hbond substituents is 1. The van der Waals surface area contributed by atoms with Gasteiger partial charge in [-0.15, -0.1) is 22.7 Å². The molecule has 3 aromatic heterocycles. The number of ether oxygens (including phenoxy) is 1. The molecule has 5 atom stereocenters. The molecule has 272 valence electrons. The molecule has 2 aliphatic carbocycles. The number of carbonyl (C=O) groups is 2. The molecular formula is C39H42N4O7S2. The van der Waals surface area contributed by atoms with Crippen molar-refractivity contribution in [1.82, 2.24) is 15.2 Å². The van der Waals surface area contributed by atoms with E-state index in [1.807, 2.05) is 54.2 Å². The van der Waals surface area contributed by atoms with E-state index in [2.05, 4.69) is 20.5 Å². The topological polar surface area (TPSA) is 164 Å². The molecule has 2 bridgehead atoms. The fourth-order valence-electron chi connectivity index (χ4n) is 7.81. The maximum Gasteiger partial charge on any atom is 0.349 e. The van der Waals surface area contributed by atoms with Crippen molar-refractivity contribution in [2.24, 2.45) is 11.8 Å². The Bertz CT molecular complexity index is 2030. The van der Waals surface area contributed by atoms with Gasteiger partial charge in [0.2, 0.25) is 17.1 Å². The predicted molar refractivity (Wildman–Crippen MR) is 201 cm³/mol. The Kier molecular flexibility index (Phi) is 10.6. The van der Waals surface area contributed by atoms with Gasteiger partial charge in [-0.2, -0.15) is 0 Å². The van der Waals surface area contributed by atoms with Crippen molar-refractivity contribution in [2.75, 3.05) is 25.5 Å². The third kappa shape index (κ3) is 7.29. The van der Waals surface area contributed by atoms with Crippen LogP contribution in [0, 0.1) is 11.8 Å². The van der Waals surface area contributed by atoms with Gasteiger partial charge in [0.25, 0.3) is 0 Å². The van der Waals surface area contributed by atoms with Crippen LogP contribution in [0.5, 0.6) is 5.75 Å². The number of hydrogen-bond acceptors (Lipinski definition) is 11. The number of fused-ring (bicyclic) bond motifs is 3. The summed E-state index contributed by atoms with van der Waals surface area (Å²) in [6.07, 6.45) is 1.99. The lowest BCUT2D eigenvalue weighted by atomic mass is 9.94. The van der Waals surface area contributed by atoms with Crippen molar-refractivity contribution in [1.29, 1.82) is 0 Å². The van der Waals surface area contributed by atoms with Crippen molar-refractivity contribution in [3.05, 3.63) is 115 Å². The summed E-state index contributed by atoms with van der Waals surface area (Å²) >= 11 is 2.67. The quantitative estimate of drug-likeness (QED) is 0.0852. The Hall–Kier alpha value is -4.37. The van der Waals surface area contributed by atoms with Crippen molar-refractivity contribution < 1.29 is 29.6 Å². The number of nitrogens with zero attached hydrogens (tertiary/aromatic N) is 1. The number of thiophene rings is 2. The number of carbonyl (C=O) groups excluding carboxylic acids is 2. The van der Waals surface area contributed by atoms with Gasteiger partial charge < -0.3 is 40.6 Å². The number of pyridine rings is 1. The number of anilines is 1. The van der Waals surface area contributed by atoms with Gasteiger partial charge in [-0.05, 0) is 90.5 Å². The van der Waals surface area contributed by atoms with Gasteiger partial charge in [-0.25, -0.2) is 4.79 Å². The first kappa shape index (κ1) is 36.0. The van der Waals surface area contributed by atoms with E-state index >= 15 is 0 Å². The van der Waals surface area contributed by atoms with Gasteiger partial charge in [-0.3, -0.25) is 9.59 Å². The average molecular weight is 743 g/mol. The van der Waals surface area contributed by atoms with Crippen LogP contribution in [0.3, 0.4) is 0 Å². The number of amides is 1. The normalized spacial score (nSPS) is 20.4. The number of phenols is 1. The van der Waals surface area contributed by atoms with E-state index in [1.54, 1.807) is 24.3 Å². The summed E-state index contributed by atoms with van der Waals surface area (Å²) in [6.45, 7) is 1.30. The van der Waals surface area contributed by atoms with Gasteiger partial charge >= 0.3 is 5.97 Å². The van der Waals surface area contributed by atoms with E-state index in [-0.39, 0.29) is 47.7 Å². The molecule has 4 unspecified atom stereocenters. The molecule has 13 heteroatoms. The third-order valence-electron chi connectivity index (χ3n) is 10.5. The van der Waals surface area contributed by atoms with Gasteiger partial charge in [0.05, 0.1) is 21.4 Å². The second-order valence-electron chi connectivity index (χ2n) is 13.7. The van der Waals surface area contributed by atoms with Gasteiger partial charge in [-0.1, -0.05) is 30.3 Å². The molecular weight excluding hydrogens is 701 g/mol. The fourth-order valence-corrected chi connectivity index (χ4v) is 9.52. The first-order valence-electron chi connectivity index (χ1n) is 17.5. The molecule has 6 N–H and O–H groups in total. The molecule has 0 saturated heterocycles. The molecule has 5 aromatic rings. The van der Waals surface area contributed by atoms with Crippen molar-refractivity contribution >= 4 is 51.1 Å². The number of aromatic nitrogens is 1. The minimum atomic E-state index is -1.82. The first-order valence-corrected chi connectivity index (χ1v) is 19.2. The number of aromatic amines is 1. The fraction of sp³-hybridized carbons (Fsp3) is 0.359. The highest BCUT2D eigenvalue weighted by molar-refractivity contribution is 7.12. The third-order valence-corrected chi connectivity index (χ3v) is 12.5. The van der Waals surface area contributed by atoms with E-state index in [1.165, 1.54) is 34.8 Å². The summed E-state index contributed by atoms with van der Waals surface area (Å²) in [7, 11) is 2.02. The van der Waals surface area contributed by atoms with Gasteiger partial charge in [0.15, 0.2) is 0 Å². The number of benzene rings is 2. The summed E-state index contributed by atoms with van der Waals surface area (Å²) in [5.74, 6) is -0.399. The zero-order valence-corrected chi connectivity index (χ0v) is 30.3. The van der Waals surface area contributed by atoms with Gasteiger partial charge in [0.1, 0.15) is 11.9 Å². The number of esters is 1. The number of aliphatic hydroxyl groups excluding tert-OH is 1. The zero-order chi connectivity index (χ0) is 36.4. The lowest BCUT2D eigenvalue weighted by molar-refractivity contribution is -0.170. The summed E-state index contributed by atoms with van der Waals surface area (Å²) in [4.78, 5) is 44.2. The van der Waals surface area contributed by atoms with Crippen LogP contribution in [0.15, 0.2) is 88.4 Å². The molecule has 52 heavy (non-hydrogen) atoms. The largest absolute Gasteiger partial charge is 0.506 e. The Labute approximate surface area is 308 Å². The highest BCUT2D eigenvalue weighted by atomic mass is 32.1. The molecule has 0 spiro atoms. The predicted octanol–water partition coefficient (Wildman–Crippen LogP) is 5.09. The molecule has 7 rings (SSSR count). The van der Waals surface area contributed by atoms with Crippen molar-refractivity contribution in [3.8, 4) is 5.75 Å². The Morgan fingerprint density at radius 3 is 2.44 bits per heavy atom. The number of aromatic hydroxyl groups is 1. The van der Waals surface area contributed by atoms with Crippen LogP contribution >= 0.6 is 22.7 Å². The summed E-state index contributed by atoms with van der Waals surface area (Å²) in [5, 5.41) is 43.1. The van der Waals surface area contributed by atoms with Crippen molar-refractivity contribution in [3.63, 3.8) is 0 Å². The number of hydrogen-bond donors (Lipinski definition) is 6. The second-order valence-corrected chi connectivity index (χ2v) is 15.6. The molecule has 2 aliphatic rings. The monoisotopic (exact) mass is 742 g/mol. The second kappa shape index (κ2) is 15.3. The standard InChI is InChI=1S/C39H42N4O7S2/c1-43(29-20-24-8-11-28(29)37(24)50-38(48)39(49,32-4-2-18-51-32)33-5-3-19-52-33)17-16-35(47)41-25-9-6-23(7-10-25)21-40-22-31(45)26-12-14-30(44)36-27(26)13-15-34(46)42-36/h2-7,9-10,12-15,18-19,24,28-29,31,37,40,44-45,49H,8,11,16-17,20-22H2,1H3,(H,41,47)(H,42,46)/t24?,28?,29?,31-,37?/m0/s1. The lowest BCUT2D eigenvalue weighted by Gasteiger charge is -2.32. The Morgan fingerprint density at radius 2 is 1.75 bits per heavy atom.